The van der Waals surface area contributed by atoms with E-state index in [1.54, 1.807) is 0 Å². The Morgan fingerprint density at radius 1 is 1.29 bits per heavy atom. The lowest BCUT2D eigenvalue weighted by molar-refractivity contribution is 0.252. The zero-order valence-corrected chi connectivity index (χ0v) is 14.2. The Morgan fingerprint density at radius 3 is 2.86 bits per heavy atom. The molecule has 0 radical (unpaired) electrons. The summed E-state index contributed by atoms with van der Waals surface area (Å²) in [6.07, 6.45) is 4.66. The highest BCUT2D eigenvalue weighted by Gasteiger charge is 2.16. The molecule has 0 aromatic heterocycles. The van der Waals surface area contributed by atoms with E-state index < -0.39 is 0 Å². The third kappa shape index (κ3) is 5.83. The lowest BCUT2D eigenvalue weighted by atomic mass is 10.2. The number of thioether (sulfide) groups is 2. The van der Waals surface area contributed by atoms with E-state index in [0.29, 0.717) is 4.58 Å². The van der Waals surface area contributed by atoms with Crippen LogP contribution in [0.1, 0.15) is 42.8 Å². The molecule has 0 spiro atoms. The lowest BCUT2D eigenvalue weighted by Crippen LogP contribution is -2.29. The van der Waals surface area contributed by atoms with E-state index >= 15 is 0 Å². The predicted molar refractivity (Wildman–Crippen MR) is 95.3 cm³/mol. The lowest BCUT2D eigenvalue weighted by Gasteiger charge is -2.21. The first kappa shape index (κ1) is 16.6. The Balaban J connectivity index is 1.84. The SMILES string of the molecule is CCCCCNC(=O)Nc1cccc(C2SCCCS2)c1. The van der Waals surface area contributed by atoms with Gasteiger partial charge in [-0.15, -0.1) is 23.5 Å². The summed E-state index contributed by atoms with van der Waals surface area (Å²) in [4.78, 5) is 11.8. The van der Waals surface area contributed by atoms with E-state index in [1.807, 2.05) is 35.7 Å². The largest absolute Gasteiger partial charge is 0.338 e. The van der Waals surface area contributed by atoms with Gasteiger partial charge in [0.25, 0.3) is 0 Å². The number of rotatable bonds is 6. The molecule has 0 bridgehead atoms. The topological polar surface area (TPSA) is 41.1 Å². The number of urea groups is 1. The van der Waals surface area contributed by atoms with Crippen molar-refractivity contribution in [3.63, 3.8) is 0 Å². The molecule has 3 nitrogen and oxygen atoms in total. The summed E-state index contributed by atoms with van der Waals surface area (Å²) in [7, 11) is 0. The Bertz CT molecular complexity index is 448. The number of anilines is 1. The average Bonchev–Trinajstić information content (AvgIpc) is 2.53. The molecular formula is C16H24N2OS2. The van der Waals surface area contributed by atoms with E-state index in [2.05, 4.69) is 29.7 Å². The average molecular weight is 325 g/mol. The van der Waals surface area contributed by atoms with Crippen molar-refractivity contribution >= 4 is 35.2 Å². The molecular weight excluding hydrogens is 300 g/mol. The molecule has 2 rings (SSSR count). The summed E-state index contributed by atoms with van der Waals surface area (Å²) in [6, 6.07) is 8.12. The predicted octanol–water partition coefficient (Wildman–Crippen LogP) is 4.87. The second-order valence-corrected chi connectivity index (χ2v) is 7.86. The van der Waals surface area contributed by atoms with Crippen molar-refractivity contribution in [1.82, 2.24) is 5.32 Å². The van der Waals surface area contributed by atoms with Crippen molar-refractivity contribution in [3.8, 4) is 0 Å². The van der Waals surface area contributed by atoms with E-state index in [0.717, 1.165) is 25.1 Å². The Labute approximate surface area is 136 Å². The van der Waals surface area contributed by atoms with Crippen molar-refractivity contribution in [2.45, 2.75) is 37.2 Å². The van der Waals surface area contributed by atoms with Gasteiger partial charge in [-0.25, -0.2) is 4.79 Å². The maximum Gasteiger partial charge on any atom is 0.319 e. The monoisotopic (exact) mass is 324 g/mol. The number of benzene rings is 1. The first-order valence-corrected chi connectivity index (χ1v) is 9.77. The fourth-order valence-corrected chi connectivity index (χ4v) is 5.07. The van der Waals surface area contributed by atoms with Gasteiger partial charge < -0.3 is 10.6 Å². The molecule has 1 fully saturated rings. The van der Waals surface area contributed by atoms with Crippen LogP contribution in [0, 0.1) is 0 Å². The highest BCUT2D eigenvalue weighted by Crippen LogP contribution is 2.43. The molecule has 1 heterocycles. The van der Waals surface area contributed by atoms with Crippen molar-refractivity contribution in [2.75, 3.05) is 23.4 Å². The molecule has 1 aliphatic heterocycles. The number of nitrogens with one attached hydrogen (secondary N) is 2. The summed E-state index contributed by atoms with van der Waals surface area (Å²) in [5.74, 6) is 2.46. The number of amides is 2. The van der Waals surface area contributed by atoms with Crippen LogP contribution >= 0.6 is 23.5 Å². The van der Waals surface area contributed by atoms with Crippen LogP contribution < -0.4 is 10.6 Å². The molecule has 2 N–H and O–H groups in total. The van der Waals surface area contributed by atoms with Gasteiger partial charge in [0.15, 0.2) is 0 Å². The van der Waals surface area contributed by atoms with Gasteiger partial charge in [-0.2, -0.15) is 0 Å². The van der Waals surface area contributed by atoms with Gasteiger partial charge in [-0.3, -0.25) is 0 Å². The van der Waals surface area contributed by atoms with Crippen LogP contribution in [0.15, 0.2) is 24.3 Å². The second kappa shape index (κ2) is 9.26. The third-order valence-corrected chi connectivity index (χ3v) is 6.32. The maximum absolute atomic E-state index is 11.8. The number of hydrogen-bond donors (Lipinski definition) is 2. The second-order valence-electron chi connectivity index (χ2n) is 5.14. The van der Waals surface area contributed by atoms with Crippen molar-refractivity contribution in [2.24, 2.45) is 0 Å². The van der Waals surface area contributed by atoms with Crippen LogP contribution in [0.25, 0.3) is 0 Å². The maximum atomic E-state index is 11.8. The Hall–Kier alpha value is -0.810. The molecule has 5 heteroatoms. The van der Waals surface area contributed by atoms with Crippen LogP contribution in [0.2, 0.25) is 0 Å². The number of hydrogen-bond acceptors (Lipinski definition) is 3. The van der Waals surface area contributed by atoms with Crippen LogP contribution in [0.3, 0.4) is 0 Å². The smallest absolute Gasteiger partial charge is 0.319 e. The van der Waals surface area contributed by atoms with Gasteiger partial charge in [0.1, 0.15) is 0 Å². The summed E-state index contributed by atoms with van der Waals surface area (Å²) in [5, 5.41) is 5.83. The molecule has 0 aliphatic carbocycles. The van der Waals surface area contributed by atoms with Gasteiger partial charge in [0.05, 0.1) is 4.58 Å². The third-order valence-electron chi connectivity index (χ3n) is 3.31. The van der Waals surface area contributed by atoms with Gasteiger partial charge >= 0.3 is 6.03 Å². The molecule has 1 aromatic rings. The van der Waals surface area contributed by atoms with E-state index in [4.69, 9.17) is 0 Å². The zero-order valence-electron chi connectivity index (χ0n) is 12.6. The molecule has 1 aromatic carbocycles. The number of unbranched alkanes of at least 4 members (excludes halogenated alkanes) is 2. The minimum absolute atomic E-state index is 0.104. The summed E-state index contributed by atoms with van der Waals surface area (Å²) in [5.41, 5.74) is 2.18. The van der Waals surface area contributed by atoms with Crippen LogP contribution in [-0.4, -0.2) is 24.1 Å². The first-order chi connectivity index (χ1) is 10.3. The van der Waals surface area contributed by atoms with Gasteiger partial charge in [0.2, 0.25) is 0 Å². The minimum atomic E-state index is -0.104. The summed E-state index contributed by atoms with van der Waals surface area (Å²) in [6.45, 7) is 2.90. The molecule has 21 heavy (non-hydrogen) atoms. The van der Waals surface area contributed by atoms with Crippen LogP contribution in [-0.2, 0) is 0 Å². The molecule has 2 amide bonds. The molecule has 1 saturated heterocycles. The van der Waals surface area contributed by atoms with Crippen molar-refractivity contribution in [3.05, 3.63) is 29.8 Å². The highest BCUT2D eigenvalue weighted by atomic mass is 32.2. The first-order valence-electron chi connectivity index (χ1n) is 7.67. The fourth-order valence-electron chi connectivity index (χ4n) is 2.20. The molecule has 0 saturated carbocycles. The molecule has 1 aliphatic rings. The summed E-state index contributed by atoms with van der Waals surface area (Å²) >= 11 is 4.00. The number of carbonyl (C=O) groups is 1. The van der Waals surface area contributed by atoms with Gasteiger partial charge in [0, 0.05) is 12.2 Å². The number of carbonyl (C=O) groups excluding carboxylic acids is 1. The normalized spacial score (nSPS) is 15.7. The Morgan fingerprint density at radius 2 is 2.10 bits per heavy atom. The van der Waals surface area contributed by atoms with Gasteiger partial charge in [-0.05, 0) is 42.0 Å². The molecule has 0 unspecified atom stereocenters. The zero-order chi connectivity index (χ0) is 14.9. The van der Waals surface area contributed by atoms with Crippen molar-refractivity contribution in [1.29, 1.82) is 0 Å². The Kier molecular flexibility index (Phi) is 7.30. The fraction of sp³-hybridized carbons (Fsp3) is 0.562. The molecule has 116 valence electrons. The summed E-state index contributed by atoms with van der Waals surface area (Å²) < 4.78 is 0.508. The van der Waals surface area contributed by atoms with Crippen LogP contribution in [0.5, 0.6) is 0 Å². The van der Waals surface area contributed by atoms with Crippen LogP contribution in [0.4, 0.5) is 10.5 Å². The van der Waals surface area contributed by atoms with Gasteiger partial charge in [-0.1, -0.05) is 31.9 Å². The van der Waals surface area contributed by atoms with E-state index in [9.17, 15) is 4.79 Å². The van der Waals surface area contributed by atoms with E-state index in [1.165, 1.54) is 29.9 Å². The van der Waals surface area contributed by atoms with E-state index in [-0.39, 0.29) is 6.03 Å². The standard InChI is InChI=1S/C16H24N2OS2/c1-2-3-4-9-17-16(19)18-14-8-5-7-13(12-14)15-20-10-6-11-21-15/h5,7-8,12,15H,2-4,6,9-11H2,1H3,(H2,17,18,19). The van der Waals surface area contributed by atoms with Crippen molar-refractivity contribution < 1.29 is 4.79 Å². The molecule has 0 atom stereocenters. The minimum Gasteiger partial charge on any atom is -0.338 e. The highest BCUT2D eigenvalue weighted by molar-refractivity contribution is 8.16. The quantitative estimate of drug-likeness (QED) is 0.734.